The van der Waals surface area contributed by atoms with Crippen molar-refractivity contribution in [2.24, 2.45) is 0 Å². The summed E-state index contributed by atoms with van der Waals surface area (Å²) in [5, 5.41) is 13.8. The topological polar surface area (TPSA) is 59.8 Å². The van der Waals surface area contributed by atoms with Gasteiger partial charge in [-0.15, -0.1) is 28.1 Å². The van der Waals surface area contributed by atoms with Crippen molar-refractivity contribution in [3.63, 3.8) is 0 Å². The van der Waals surface area contributed by atoms with Crippen LogP contribution in [0.15, 0.2) is 47.5 Å². The number of hydrogen-bond donors (Lipinski definition) is 1. The first-order valence-electron chi connectivity index (χ1n) is 10.1. The van der Waals surface area contributed by atoms with E-state index in [4.69, 9.17) is 0 Å². The van der Waals surface area contributed by atoms with E-state index in [1.54, 1.807) is 17.4 Å². The Balaban J connectivity index is 1.48. The van der Waals surface area contributed by atoms with E-state index in [-0.39, 0.29) is 11.4 Å². The number of benzene rings is 1. The van der Waals surface area contributed by atoms with Gasteiger partial charge < -0.3 is 5.32 Å². The number of hydrogen-bond acceptors (Lipinski definition) is 5. The van der Waals surface area contributed by atoms with Crippen molar-refractivity contribution in [3.8, 4) is 11.4 Å². The maximum Gasteiger partial charge on any atom is 0.416 e. The molecule has 32 heavy (non-hydrogen) atoms. The molecular formula is C22H21F3N4OS2. The average molecular weight is 479 g/mol. The van der Waals surface area contributed by atoms with Gasteiger partial charge in [-0.05, 0) is 49.4 Å². The van der Waals surface area contributed by atoms with E-state index in [0.717, 1.165) is 42.8 Å². The molecule has 2 heterocycles. The molecule has 0 bridgehead atoms. The number of carbonyl (C=O) groups excluding carboxylic acids is 1. The van der Waals surface area contributed by atoms with Crippen molar-refractivity contribution in [1.29, 1.82) is 0 Å². The Morgan fingerprint density at radius 1 is 1.28 bits per heavy atom. The first-order chi connectivity index (χ1) is 15.4. The number of fused-ring (bicyclic) bond motifs is 1. The number of thioether (sulfide) groups is 1. The molecule has 0 saturated heterocycles. The second kappa shape index (κ2) is 9.50. The second-order valence-electron chi connectivity index (χ2n) is 7.38. The van der Waals surface area contributed by atoms with Crippen molar-refractivity contribution >= 4 is 34.7 Å². The zero-order chi connectivity index (χ0) is 22.7. The van der Waals surface area contributed by atoms with Gasteiger partial charge >= 0.3 is 6.18 Å². The summed E-state index contributed by atoms with van der Waals surface area (Å²) in [6, 6.07) is 4.57. The Labute approximate surface area is 191 Å². The smallest absolute Gasteiger partial charge is 0.325 e. The minimum absolute atomic E-state index is 0.00668. The molecule has 0 unspecified atom stereocenters. The molecule has 0 atom stereocenters. The molecule has 0 spiro atoms. The van der Waals surface area contributed by atoms with Gasteiger partial charge in [0.1, 0.15) is 0 Å². The standard InChI is InChI=1S/C22H21F3N4OS2/c1-2-10-29-20(17-12-31-18-9-4-3-8-16(17)18)27-28-21(29)32-13-19(30)26-15-7-5-6-14(11-15)22(23,24)25/h2,5-7,11-12H,1,3-4,8-10,13H2,(H,26,30). The lowest BCUT2D eigenvalue weighted by Crippen LogP contribution is -2.15. The van der Waals surface area contributed by atoms with Crippen LogP contribution in [0.5, 0.6) is 0 Å². The Morgan fingerprint density at radius 3 is 2.88 bits per heavy atom. The van der Waals surface area contributed by atoms with Crippen molar-refractivity contribution in [2.75, 3.05) is 11.1 Å². The summed E-state index contributed by atoms with van der Waals surface area (Å²) in [4.78, 5) is 13.8. The molecule has 0 fully saturated rings. The average Bonchev–Trinajstić information content (AvgIpc) is 3.36. The molecule has 3 aromatic rings. The van der Waals surface area contributed by atoms with Crippen molar-refractivity contribution in [1.82, 2.24) is 14.8 Å². The van der Waals surface area contributed by atoms with Gasteiger partial charge in [-0.3, -0.25) is 9.36 Å². The normalized spacial score (nSPS) is 13.6. The van der Waals surface area contributed by atoms with Crippen LogP contribution in [0.25, 0.3) is 11.4 Å². The number of rotatable bonds is 7. The SMILES string of the molecule is C=CCn1c(SCC(=O)Nc2cccc(C(F)(F)F)c2)nnc1-c1csc2c1CCCC2. The second-order valence-corrected chi connectivity index (χ2v) is 9.29. The fraction of sp³-hybridized carbons (Fsp3) is 0.318. The van der Waals surface area contributed by atoms with E-state index in [0.29, 0.717) is 11.7 Å². The summed E-state index contributed by atoms with van der Waals surface area (Å²) in [5.41, 5.74) is 1.71. The van der Waals surface area contributed by atoms with Crippen LogP contribution in [0.4, 0.5) is 18.9 Å². The van der Waals surface area contributed by atoms with Crippen molar-refractivity contribution < 1.29 is 18.0 Å². The lowest BCUT2D eigenvalue weighted by Gasteiger charge is -2.13. The van der Waals surface area contributed by atoms with E-state index in [1.165, 1.54) is 40.8 Å². The molecule has 1 N–H and O–H groups in total. The number of halogens is 3. The molecule has 1 amide bonds. The number of carbonyl (C=O) groups is 1. The van der Waals surface area contributed by atoms with Gasteiger partial charge in [-0.2, -0.15) is 13.2 Å². The summed E-state index contributed by atoms with van der Waals surface area (Å²) >= 11 is 2.94. The van der Waals surface area contributed by atoms with Crippen molar-refractivity contribution in [2.45, 2.75) is 43.6 Å². The Morgan fingerprint density at radius 2 is 2.09 bits per heavy atom. The van der Waals surface area contributed by atoms with Gasteiger partial charge in [-0.25, -0.2) is 0 Å². The highest BCUT2D eigenvalue weighted by atomic mass is 32.2. The van der Waals surface area contributed by atoms with E-state index in [2.05, 4.69) is 27.5 Å². The minimum Gasteiger partial charge on any atom is -0.325 e. The fourth-order valence-electron chi connectivity index (χ4n) is 3.67. The lowest BCUT2D eigenvalue weighted by atomic mass is 9.95. The summed E-state index contributed by atoms with van der Waals surface area (Å²) in [6.07, 6.45) is 1.76. The first-order valence-corrected chi connectivity index (χ1v) is 12.0. The third kappa shape index (κ3) is 4.91. The summed E-state index contributed by atoms with van der Waals surface area (Å²) in [6.45, 7) is 4.30. The molecule has 168 valence electrons. The predicted octanol–water partition coefficient (Wildman–Crippen LogP) is 5.82. The number of nitrogens with one attached hydrogen (secondary N) is 1. The molecular weight excluding hydrogens is 457 g/mol. The van der Waals surface area contributed by atoms with Gasteiger partial charge in [0.05, 0.1) is 11.3 Å². The largest absolute Gasteiger partial charge is 0.416 e. The highest BCUT2D eigenvalue weighted by molar-refractivity contribution is 7.99. The van der Waals surface area contributed by atoms with Crippen LogP contribution in [0.2, 0.25) is 0 Å². The lowest BCUT2D eigenvalue weighted by molar-refractivity contribution is -0.137. The van der Waals surface area contributed by atoms with Crippen molar-refractivity contribution in [3.05, 3.63) is 58.3 Å². The number of aromatic nitrogens is 3. The number of anilines is 1. The molecule has 0 radical (unpaired) electrons. The molecule has 4 rings (SSSR count). The minimum atomic E-state index is -4.46. The van der Waals surface area contributed by atoms with Crippen LogP contribution in [0.1, 0.15) is 28.8 Å². The van der Waals surface area contributed by atoms with Crippen LogP contribution in [0, 0.1) is 0 Å². The number of alkyl halides is 3. The summed E-state index contributed by atoms with van der Waals surface area (Å²) in [7, 11) is 0. The van der Waals surface area contributed by atoms with Gasteiger partial charge in [0.15, 0.2) is 11.0 Å². The van der Waals surface area contributed by atoms with Crippen LogP contribution in [0.3, 0.4) is 0 Å². The quantitative estimate of drug-likeness (QED) is 0.343. The first kappa shape index (κ1) is 22.6. The van der Waals surface area contributed by atoms with Gasteiger partial charge in [-0.1, -0.05) is 23.9 Å². The Hall–Kier alpha value is -2.59. The van der Waals surface area contributed by atoms with E-state index in [1.807, 2.05) is 4.57 Å². The number of aryl methyl sites for hydroxylation is 1. The number of thiophene rings is 1. The maximum absolute atomic E-state index is 12.9. The van der Waals surface area contributed by atoms with Gasteiger partial charge in [0, 0.05) is 28.1 Å². The maximum atomic E-state index is 12.9. The molecule has 1 aromatic carbocycles. The molecule has 0 aliphatic heterocycles. The van der Waals surface area contributed by atoms with E-state index in [9.17, 15) is 18.0 Å². The van der Waals surface area contributed by atoms with Crippen LogP contribution < -0.4 is 5.32 Å². The van der Waals surface area contributed by atoms with Crippen LogP contribution >= 0.6 is 23.1 Å². The molecule has 1 aliphatic carbocycles. The number of amides is 1. The Kier molecular flexibility index (Phi) is 6.71. The monoisotopic (exact) mass is 478 g/mol. The van der Waals surface area contributed by atoms with E-state index < -0.39 is 17.6 Å². The summed E-state index contributed by atoms with van der Waals surface area (Å²) < 4.78 is 40.5. The molecule has 0 saturated carbocycles. The molecule has 10 heteroatoms. The zero-order valence-electron chi connectivity index (χ0n) is 17.1. The molecule has 2 aromatic heterocycles. The molecule has 5 nitrogen and oxygen atoms in total. The van der Waals surface area contributed by atoms with E-state index >= 15 is 0 Å². The number of allylic oxidation sites excluding steroid dienone is 1. The number of nitrogens with zero attached hydrogens (tertiary/aromatic N) is 3. The third-order valence-electron chi connectivity index (χ3n) is 5.14. The highest BCUT2D eigenvalue weighted by Gasteiger charge is 2.30. The van der Waals surface area contributed by atoms with Gasteiger partial charge in [0.2, 0.25) is 5.91 Å². The summed E-state index contributed by atoms with van der Waals surface area (Å²) in [5.74, 6) is 0.329. The predicted molar refractivity (Wildman–Crippen MR) is 121 cm³/mol. The molecule has 1 aliphatic rings. The van der Waals surface area contributed by atoms with Crippen LogP contribution in [-0.4, -0.2) is 26.4 Å². The third-order valence-corrected chi connectivity index (χ3v) is 7.19. The van der Waals surface area contributed by atoms with Gasteiger partial charge in [0.25, 0.3) is 0 Å². The Bertz CT molecular complexity index is 1140. The fourth-order valence-corrected chi connectivity index (χ4v) is 5.54. The van der Waals surface area contributed by atoms with Crippen LogP contribution in [-0.2, 0) is 30.4 Å². The highest BCUT2D eigenvalue weighted by Crippen LogP contribution is 2.37. The zero-order valence-corrected chi connectivity index (χ0v) is 18.7.